The van der Waals surface area contributed by atoms with Gasteiger partial charge in [0, 0.05) is 5.56 Å². The Morgan fingerprint density at radius 3 is 2.80 bits per heavy atom. The quantitative estimate of drug-likeness (QED) is 0.657. The van der Waals surface area contributed by atoms with Gasteiger partial charge in [0.15, 0.2) is 0 Å². The Morgan fingerprint density at radius 1 is 1.45 bits per heavy atom. The molecule has 0 aliphatic heterocycles. The Morgan fingerprint density at radius 2 is 2.15 bits per heavy atom. The number of phenolic OH excluding ortho intramolecular Hbond substituents is 1. The molecule has 5 N–H and O–H groups in total. The summed E-state index contributed by atoms with van der Waals surface area (Å²) in [5, 5.41) is 18.6. The fourth-order valence-corrected chi connectivity index (χ4v) is 1.88. The second-order valence-electron chi connectivity index (χ2n) is 4.59. The summed E-state index contributed by atoms with van der Waals surface area (Å²) < 4.78 is 0. The van der Waals surface area contributed by atoms with Crippen LogP contribution in [0.4, 0.5) is 5.82 Å². The zero-order chi connectivity index (χ0) is 14.5. The van der Waals surface area contributed by atoms with E-state index in [0.717, 1.165) is 17.5 Å². The summed E-state index contributed by atoms with van der Waals surface area (Å²) in [5.41, 5.74) is 7.72. The number of anilines is 1. The first-order valence-electron chi connectivity index (χ1n) is 6.46. The van der Waals surface area contributed by atoms with Crippen LogP contribution in [-0.2, 0) is 17.6 Å². The lowest BCUT2D eigenvalue weighted by Crippen LogP contribution is -2.37. The third-order valence-electron chi connectivity index (χ3n) is 3.08. The normalized spacial score (nSPS) is 12.1. The van der Waals surface area contributed by atoms with Crippen LogP contribution in [0.5, 0.6) is 5.75 Å². The number of nitrogens with zero attached hydrogens (tertiary/aromatic N) is 1. The minimum absolute atomic E-state index is 0.192. The van der Waals surface area contributed by atoms with Gasteiger partial charge in [-0.25, -0.2) is 0 Å². The molecule has 1 amide bonds. The molecule has 6 heteroatoms. The Balaban J connectivity index is 1.97. The maximum absolute atomic E-state index is 12.0. The van der Waals surface area contributed by atoms with Gasteiger partial charge in [-0.05, 0) is 30.5 Å². The van der Waals surface area contributed by atoms with Crippen molar-refractivity contribution < 1.29 is 9.90 Å². The highest BCUT2D eigenvalue weighted by Crippen LogP contribution is 2.13. The van der Waals surface area contributed by atoms with Crippen LogP contribution < -0.4 is 11.1 Å². The molecule has 0 bridgehead atoms. The largest absolute Gasteiger partial charge is 0.508 e. The predicted octanol–water partition coefficient (Wildman–Crippen LogP) is 1.19. The minimum atomic E-state index is -0.660. The number of amides is 1. The van der Waals surface area contributed by atoms with Crippen LogP contribution in [0, 0.1) is 0 Å². The topological polar surface area (TPSA) is 104 Å². The van der Waals surface area contributed by atoms with Crippen molar-refractivity contribution in [2.24, 2.45) is 5.73 Å². The van der Waals surface area contributed by atoms with Crippen LogP contribution in [0.1, 0.15) is 18.1 Å². The number of H-pyrrole nitrogens is 1. The van der Waals surface area contributed by atoms with Crippen LogP contribution in [0.25, 0.3) is 0 Å². The molecule has 0 aliphatic rings. The predicted molar refractivity (Wildman–Crippen MR) is 76.4 cm³/mol. The average molecular weight is 274 g/mol. The summed E-state index contributed by atoms with van der Waals surface area (Å²) in [6.07, 6.45) is 2.86. The highest BCUT2D eigenvalue weighted by Gasteiger charge is 2.16. The summed E-state index contributed by atoms with van der Waals surface area (Å²) in [7, 11) is 0. The summed E-state index contributed by atoms with van der Waals surface area (Å²) in [5.74, 6) is 0.521. The number of aromatic amines is 1. The average Bonchev–Trinajstić information content (AvgIpc) is 2.88. The fraction of sp³-hybridized carbons (Fsp3) is 0.286. The van der Waals surface area contributed by atoms with Gasteiger partial charge in [-0.15, -0.1) is 0 Å². The lowest BCUT2D eigenvalue weighted by Gasteiger charge is -2.12. The third kappa shape index (κ3) is 3.36. The first kappa shape index (κ1) is 14.1. The van der Waals surface area contributed by atoms with Crippen LogP contribution >= 0.6 is 0 Å². The zero-order valence-electron chi connectivity index (χ0n) is 11.3. The van der Waals surface area contributed by atoms with Crippen molar-refractivity contribution in [2.45, 2.75) is 25.8 Å². The van der Waals surface area contributed by atoms with E-state index in [-0.39, 0.29) is 11.7 Å². The highest BCUT2D eigenvalue weighted by molar-refractivity contribution is 5.94. The maximum atomic E-state index is 12.0. The van der Waals surface area contributed by atoms with E-state index < -0.39 is 6.04 Å². The zero-order valence-corrected chi connectivity index (χ0v) is 11.3. The van der Waals surface area contributed by atoms with Gasteiger partial charge >= 0.3 is 0 Å². The molecule has 1 aromatic carbocycles. The van der Waals surface area contributed by atoms with Crippen molar-refractivity contribution in [3.05, 3.63) is 41.6 Å². The monoisotopic (exact) mass is 274 g/mol. The van der Waals surface area contributed by atoms with Gasteiger partial charge in [-0.3, -0.25) is 9.89 Å². The maximum Gasteiger partial charge on any atom is 0.242 e. The second-order valence-corrected chi connectivity index (χ2v) is 4.59. The van der Waals surface area contributed by atoms with E-state index in [1.54, 1.807) is 30.5 Å². The Kier molecular flexibility index (Phi) is 4.37. The van der Waals surface area contributed by atoms with Gasteiger partial charge in [0.05, 0.1) is 12.2 Å². The Bertz CT molecular complexity index is 577. The lowest BCUT2D eigenvalue weighted by atomic mass is 10.1. The molecule has 1 aromatic heterocycles. The van der Waals surface area contributed by atoms with E-state index in [9.17, 15) is 9.90 Å². The molecule has 2 rings (SSSR count). The third-order valence-corrected chi connectivity index (χ3v) is 3.08. The molecule has 0 spiro atoms. The molecule has 1 heterocycles. The van der Waals surface area contributed by atoms with Crippen LogP contribution in [0.3, 0.4) is 0 Å². The molecule has 0 radical (unpaired) electrons. The standard InChI is InChI=1S/C14H18N4O2/c1-2-10-8-16-18-13(10)17-14(20)12(15)7-9-3-5-11(19)6-4-9/h3-6,8,12,19H,2,7,15H2,1H3,(H2,16,17,18,20)/t12-/m1/s1. The molecular formula is C14H18N4O2. The number of nitrogens with one attached hydrogen (secondary N) is 2. The van der Waals surface area contributed by atoms with E-state index in [0.29, 0.717) is 12.2 Å². The van der Waals surface area contributed by atoms with Crippen LogP contribution in [-0.4, -0.2) is 27.3 Å². The van der Waals surface area contributed by atoms with Crippen molar-refractivity contribution >= 4 is 11.7 Å². The molecule has 106 valence electrons. The molecular weight excluding hydrogens is 256 g/mol. The number of rotatable bonds is 5. The van der Waals surface area contributed by atoms with Crippen molar-refractivity contribution in [3.8, 4) is 5.75 Å². The van der Waals surface area contributed by atoms with E-state index in [2.05, 4.69) is 15.5 Å². The fourth-order valence-electron chi connectivity index (χ4n) is 1.88. The number of hydrogen-bond donors (Lipinski definition) is 4. The number of nitrogens with two attached hydrogens (primary N) is 1. The number of aryl methyl sites for hydroxylation is 1. The van der Waals surface area contributed by atoms with E-state index in [1.807, 2.05) is 6.92 Å². The second kappa shape index (κ2) is 6.21. The smallest absolute Gasteiger partial charge is 0.242 e. The molecule has 0 saturated heterocycles. The molecule has 1 atom stereocenters. The lowest BCUT2D eigenvalue weighted by molar-refractivity contribution is -0.117. The van der Waals surface area contributed by atoms with Gasteiger partial charge in [0.1, 0.15) is 11.6 Å². The molecule has 0 aliphatic carbocycles. The minimum Gasteiger partial charge on any atom is -0.508 e. The Labute approximate surface area is 117 Å². The number of aromatic hydroxyl groups is 1. The number of hydrogen-bond acceptors (Lipinski definition) is 4. The molecule has 2 aromatic rings. The van der Waals surface area contributed by atoms with Crippen molar-refractivity contribution in [1.29, 1.82) is 0 Å². The number of aromatic nitrogens is 2. The number of phenols is 1. The SMILES string of the molecule is CCc1cn[nH]c1NC(=O)[C@H](N)Cc1ccc(O)cc1. The molecule has 0 saturated carbocycles. The number of benzene rings is 1. The first-order chi connectivity index (χ1) is 9.60. The molecule has 0 unspecified atom stereocenters. The molecule has 0 fully saturated rings. The summed E-state index contributed by atoms with van der Waals surface area (Å²) in [6.45, 7) is 1.98. The van der Waals surface area contributed by atoms with Gasteiger partial charge in [0.25, 0.3) is 0 Å². The van der Waals surface area contributed by atoms with Crippen molar-refractivity contribution in [2.75, 3.05) is 5.32 Å². The highest BCUT2D eigenvalue weighted by atomic mass is 16.3. The molecule has 6 nitrogen and oxygen atoms in total. The van der Waals surface area contributed by atoms with Crippen LogP contribution in [0.2, 0.25) is 0 Å². The summed E-state index contributed by atoms with van der Waals surface area (Å²) in [6, 6.07) is 5.98. The van der Waals surface area contributed by atoms with Gasteiger partial charge in [-0.1, -0.05) is 19.1 Å². The summed E-state index contributed by atoms with van der Waals surface area (Å²) >= 11 is 0. The van der Waals surface area contributed by atoms with Crippen molar-refractivity contribution in [1.82, 2.24) is 10.2 Å². The molecule has 20 heavy (non-hydrogen) atoms. The van der Waals surface area contributed by atoms with Gasteiger partial charge in [0.2, 0.25) is 5.91 Å². The summed E-state index contributed by atoms with van der Waals surface area (Å²) in [4.78, 5) is 12.0. The Hall–Kier alpha value is -2.34. The van der Waals surface area contributed by atoms with Crippen LogP contribution in [0.15, 0.2) is 30.5 Å². The number of carbonyl (C=O) groups excluding carboxylic acids is 1. The van der Waals surface area contributed by atoms with E-state index in [1.165, 1.54) is 0 Å². The number of carbonyl (C=O) groups is 1. The first-order valence-corrected chi connectivity index (χ1v) is 6.46. The van der Waals surface area contributed by atoms with Gasteiger partial charge in [-0.2, -0.15) is 5.10 Å². The van der Waals surface area contributed by atoms with Gasteiger partial charge < -0.3 is 16.2 Å². The van der Waals surface area contributed by atoms with E-state index in [4.69, 9.17) is 5.73 Å². The van der Waals surface area contributed by atoms with Crippen molar-refractivity contribution in [3.63, 3.8) is 0 Å². The van der Waals surface area contributed by atoms with E-state index >= 15 is 0 Å².